The summed E-state index contributed by atoms with van der Waals surface area (Å²) in [5.74, 6) is 0. The van der Waals surface area contributed by atoms with Gasteiger partial charge in [0.25, 0.3) is 0 Å². The molecule has 1 N–H and O–H groups in total. The van der Waals surface area contributed by atoms with Gasteiger partial charge in [-0.15, -0.1) is 0 Å². The van der Waals surface area contributed by atoms with Crippen molar-refractivity contribution in [3.05, 3.63) is 48.5 Å². The first-order chi connectivity index (χ1) is 14.6. The quantitative estimate of drug-likeness (QED) is 0.467. The second-order valence-corrected chi connectivity index (χ2v) is 6.22. The van der Waals surface area contributed by atoms with Gasteiger partial charge in [0.2, 0.25) is 0 Å². The molecule has 0 aliphatic rings. The molecule has 0 saturated carbocycles. The number of hydrogen-bond acceptors (Lipinski definition) is 2. The highest BCUT2D eigenvalue weighted by atomic mass is 15.1. The van der Waals surface area contributed by atoms with Crippen molar-refractivity contribution in [1.29, 1.82) is 0 Å². The van der Waals surface area contributed by atoms with Crippen molar-refractivity contribution in [3.63, 3.8) is 0 Å². The van der Waals surface area contributed by atoms with E-state index in [0.29, 0.717) is 0 Å². The highest BCUT2D eigenvalue weighted by Crippen LogP contribution is 2.28. The van der Waals surface area contributed by atoms with Gasteiger partial charge in [0.05, 0.1) is 0 Å². The van der Waals surface area contributed by atoms with Gasteiger partial charge in [0.15, 0.2) is 0 Å². The van der Waals surface area contributed by atoms with E-state index in [1.165, 1.54) is 21.8 Å². The Kier molecular flexibility index (Phi) is 20.7. The van der Waals surface area contributed by atoms with Gasteiger partial charge in [0.1, 0.15) is 0 Å². The number of aromatic nitrogens is 1. The second kappa shape index (κ2) is 20.4. The molecule has 30 heavy (non-hydrogen) atoms. The fourth-order valence-corrected chi connectivity index (χ4v) is 2.82. The molecule has 0 spiro atoms. The summed E-state index contributed by atoms with van der Waals surface area (Å²) in [6.07, 6.45) is 0. The van der Waals surface area contributed by atoms with Gasteiger partial charge in [-0.2, -0.15) is 0 Å². The number of rotatable bonds is 5. The van der Waals surface area contributed by atoms with Crippen molar-refractivity contribution in [2.75, 3.05) is 33.2 Å². The minimum atomic E-state index is 1.02. The Labute approximate surface area is 187 Å². The molecule has 3 rings (SSSR count). The zero-order valence-corrected chi connectivity index (χ0v) is 21.5. The third-order valence-corrected chi connectivity index (χ3v) is 4.58. The van der Waals surface area contributed by atoms with Gasteiger partial charge in [-0.25, -0.2) is 0 Å². The Balaban J connectivity index is 0. The lowest BCUT2D eigenvalue weighted by Gasteiger charge is -2.07. The molecule has 0 unspecified atom stereocenters. The van der Waals surface area contributed by atoms with E-state index < -0.39 is 0 Å². The number of para-hydroxylation sites is 2. The average Bonchev–Trinajstić information content (AvgIpc) is 3.16. The lowest BCUT2D eigenvalue weighted by atomic mass is 10.2. The van der Waals surface area contributed by atoms with E-state index >= 15 is 0 Å². The third kappa shape index (κ3) is 10.3. The van der Waals surface area contributed by atoms with Crippen LogP contribution in [0.4, 0.5) is 0 Å². The fraction of sp³-hybridized carbons (Fsp3) is 0.556. The summed E-state index contributed by atoms with van der Waals surface area (Å²) >= 11 is 0. The molecule has 1 aromatic heterocycles. The van der Waals surface area contributed by atoms with Crippen molar-refractivity contribution in [2.45, 2.75) is 68.9 Å². The van der Waals surface area contributed by atoms with Crippen molar-refractivity contribution >= 4 is 21.8 Å². The molecule has 172 valence electrons. The van der Waals surface area contributed by atoms with Crippen LogP contribution in [0, 0.1) is 0 Å². The van der Waals surface area contributed by atoms with E-state index in [-0.39, 0.29) is 0 Å². The summed E-state index contributed by atoms with van der Waals surface area (Å²) in [5, 5.41) is 5.82. The molecular formula is C27H49N3. The highest BCUT2D eigenvalue weighted by Gasteiger charge is 2.06. The zero-order chi connectivity index (χ0) is 23.4. The zero-order valence-electron chi connectivity index (χ0n) is 21.5. The Morgan fingerprint density at radius 2 is 1.03 bits per heavy atom. The van der Waals surface area contributed by atoms with Gasteiger partial charge in [-0.3, -0.25) is 0 Å². The summed E-state index contributed by atoms with van der Waals surface area (Å²) in [4.78, 5) is 2.25. The molecule has 0 aliphatic heterocycles. The van der Waals surface area contributed by atoms with E-state index in [9.17, 15) is 0 Å². The number of nitrogens with one attached hydrogen (secondary N) is 1. The third-order valence-electron chi connectivity index (χ3n) is 4.58. The standard InChI is InChI=1S/C14H13N.C5H13N.C4H11N.2C2H6/c1-2-15-13-9-5-3-7-11(13)12-8-4-6-10-14(12)15;1-4-6(3)5-2;1-3-5-4-2;2*1-2/h3-10H,2H2,1H3;4-5H2,1-3H3;5H,3-4H2,1-2H3;2*1-2H3. The maximum Gasteiger partial charge on any atom is 0.0491 e. The summed E-state index contributed by atoms with van der Waals surface area (Å²) in [7, 11) is 2.11. The first kappa shape index (κ1) is 30.4. The summed E-state index contributed by atoms with van der Waals surface area (Å²) < 4.78 is 2.37. The number of nitrogens with zero attached hydrogens (tertiary/aromatic N) is 2. The maximum atomic E-state index is 3.11. The minimum absolute atomic E-state index is 1.02. The van der Waals surface area contributed by atoms with E-state index in [1.54, 1.807) is 0 Å². The van der Waals surface area contributed by atoms with Gasteiger partial charge >= 0.3 is 0 Å². The van der Waals surface area contributed by atoms with Crippen LogP contribution in [0.3, 0.4) is 0 Å². The SMILES string of the molecule is CC.CC.CCN(C)CC.CCNCC.CCn1c2ccccc2c2ccccc21. The molecule has 0 radical (unpaired) electrons. The smallest absolute Gasteiger partial charge is 0.0491 e. The summed E-state index contributed by atoms with van der Waals surface area (Å²) in [6, 6.07) is 17.2. The van der Waals surface area contributed by atoms with Crippen molar-refractivity contribution in [3.8, 4) is 0 Å². The normalized spacial score (nSPS) is 9.43. The van der Waals surface area contributed by atoms with Gasteiger partial charge < -0.3 is 14.8 Å². The molecule has 1 heterocycles. The van der Waals surface area contributed by atoms with Crippen LogP contribution in [0.15, 0.2) is 48.5 Å². The first-order valence-electron chi connectivity index (χ1n) is 12.0. The molecule has 0 fully saturated rings. The van der Waals surface area contributed by atoms with Crippen molar-refractivity contribution < 1.29 is 0 Å². The second-order valence-electron chi connectivity index (χ2n) is 6.22. The van der Waals surface area contributed by atoms with Crippen LogP contribution in [0.5, 0.6) is 0 Å². The lowest BCUT2D eigenvalue weighted by molar-refractivity contribution is 0.373. The molecule has 3 aromatic rings. The summed E-state index contributed by atoms with van der Waals surface area (Å²) in [6.45, 7) is 24.2. The van der Waals surface area contributed by atoms with E-state index in [4.69, 9.17) is 0 Å². The van der Waals surface area contributed by atoms with Crippen LogP contribution < -0.4 is 5.32 Å². The van der Waals surface area contributed by atoms with Crippen LogP contribution in [0.2, 0.25) is 0 Å². The Bertz CT molecular complexity index is 687. The molecular weight excluding hydrogens is 366 g/mol. The molecule has 2 aromatic carbocycles. The van der Waals surface area contributed by atoms with E-state index in [1.807, 2.05) is 27.7 Å². The van der Waals surface area contributed by atoms with Crippen LogP contribution >= 0.6 is 0 Å². The molecule has 0 bridgehead atoms. The van der Waals surface area contributed by atoms with E-state index in [2.05, 4.69) is 105 Å². The Hall–Kier alpha value is -1.84. The van der Waals surface area contributed by atoms with Crippen LogP contribution in [-0.4, -0.2) is 42.7 Å². The average molecular weight is 416 g/mol. The first-order valence-corrected chi connectivity index (χ1v) is 12.0. The predicted molar refractivity (Wildman–Crippen MR) is 141 cm³/mol. The summed E-state index contributed by atoms with van der Waals surface area (Å²) in [5.41, 5.74) is 2.67. The molecule has 0 amide bonds. The maximum absolute atomic E-state index is 3.11. The number of benzene rings is 2. The van der Waals surface area contributed by atoms with Crippen LogP contribution in [0.25, 0.3) is 21.8 Å². The molecule has 0 aliphatic carbocycles. The topological polar surface area (TPSA) is 20.2 Å². The predicted octanol–water partition coefficient (Wildman–Crippen LogP) is 7.44. The Morgan fingerprint density at radius 1 is 0.667 bits per heavy atom. The highest BCUT2D eigenvalue weighted by molar-refractivity contribution is 6.07. The lowest BCUT2D eigenvalue weighted by Crippen LogP contribution is -2.15. The number of hydrogen-bond donors (Lipinski definition) is 1. The number of aryl methyl sites for hydroxylation is 1. The molecule has 3 heteroatoms. The number of fused-ring (bicyclic) bond motifs is 3. The largest absolute Gasteiger partial charge is 0.341 e. The molecule has 0 saturated heterocycles. The minimum Gasteiger partial charge on any atom is -0.341 e. The molecule has 0 atom stereocenters. The van der Waals surface area contributed by atoms with Crippen molar-refractivity contribution in [2.24, 2.45) is 0 Å². The van der Waals surface area contributed by atoms with Crippen LogP contribution in [0.1, 0.15) is 62.3 Å². The van der Waals surface area contributed by atoms with Crippen molar-refractivity contribution in [1.82, 2.24) is 14.8 Å². The van der Waals surface area contributed by atoms with Gasteiger partial charge in [-0.05, 0) is 52.3 Å². The van der Waals surface area contributed by atoms with E-state index in [0.717, 1.165) is 32.7 Å². The molecule has 3 nitrogen and oxygen atoms in total. The Morgan fingerprint density at radius 3 is 1.27 bits per heavy atom. The van der Waals surface area contributed by atoms with Gasteiger partial charge in [-0.1, -0.05) is 91.8 Å². The fourth-order valence-electron chi connectivity index (χ4n) is 2.82. The monoisotopic (exact) mass is 415 g/mol. The van der Waals surface area contributed by atoms with Gasteiger partial charge in [0, 0.05) is 28.4 Å². The van der Waals surface area contributed by atoms with Crippen LogP contribution in [-0.2, 0) is 6.54 Å².